The maximum Gasteiger partial charge on any atom is 0.428 e. The molecule has 0 aliphatic heterocycles. The van der Waals surface area contributed by atoms with Crippen molar-refractivity contribution in [1.82, 2.24) is 27.0 Å². The lowest BCUT2D eigenvalue weighted by Gasteiger charge is -2.33. The quantitative estimate of drug-likeness (QED) is 0.0413. The molecule has 94 heavy (non-hydrogen) atoms. The molecule has 26 heteroatoms. The predicted molar refractivity (Wildman–Crippen MR) is 355 cm³/mol. The number of rotatable bonds is 20. The number of hydrogen-bond donors (Lipinski definition) is 2. The van der Waals surface area contributed by atoms with E-state index in [-0.39, 0.29) is 109 Å². The smallest absolute Gasteiger partial charge is 0.370 e. The molecular weight excluding hydrogens is 1290 g/mol. The minimum absolute atomic E-state index is 0.0151. The van der Waals surface area contributed by atoms with Crippen molar-refractivity contribution in [3.63, 3.8) is 0 Å². The summed E-state index contributed by atoms with van der Waals surface area (Å²) in [5.41, 5.74) is -4.45. The molecule has 4 aromatic heterocycles. The van der Waals surface area contributed by atoms with Crippen LogP contribution in [0.5, 0.6) is 0 Å². The Balaban J connectivity index is 0.000000221. The van der Waals surface area contributed by atoms with Crippen molar-refractivity contribution in [2.75, 3.05) is 13.2 Å². The lowest BCUT2D eigenvalue weighted by Crippen LogP contribution is -2.46. The monoisotopic (exact) mass is 1360 g/mol. The van der Waals surface area contributed by atoms with Crippen molar-refractivity contribution in [2.24, 2.45) is 0 Å². The van der Waals surface area contributed by atoms with Crippen LogP contribution in [0, 0.1) is 50.4 Å². The summed E-state index contributed by atoms with van der Waals surface area (Å²) in [6.45, 7) is 23.0. The van der Waals surface area contributed by atoms with Crippen LogP contribution in [0.4, 0.5) is 26.3 Å². The average molecular weight is 1370 g/mol. The van der Waals surface area contributed by atoms with E-state index < -0.39 is 82.5 Å². The zero-order chi connectivity index (χ0) is 69.1. The first-order valence-corrected chi connectivity index (χ1v) is 40.6. The normalized spacial score (nSPS) is 14.1. The topological polar surface area (TPSA) is 220 Å². The minimum atomic E-state index is -5.31. The third-order valence-corrected chi connectivity index (χ3v) is 23.5. The van der Waals surface area contributed by atoms with Gasteiger partial charge in [0.15, 0.2) is 11.6 Å². The van der Waals surface area contributed by atoms with Crippen LogP contribution < -0.4 is 0 Å². The first-order valence-electron chi connectivity index (χ1n) is 30.4. The number of nitriles is 2. The minimum Gasteiger partial charge on any atom is -0.370 e. The molecule has 0 fully saturated rings. The molecule has 0 radical (unpaired) electrons. The maximum absolute atomic E-state index is 15.6. The SMILES string of the molecule is CCc1cc(C)c2c(ccn2S(=O)(=O)c2ccc(C)cc2)c1C(O)(c1nc2cc(C#N)ccc2n1COCC[Si](C)(C)C)C(F)(F)F.CCc1cc(C)c2c(ccn2S(=O)(=O)c2ccc(C)cc2)c1C(O)(c1nc2ccc(C#N)cc2n1COCC[Si](C)(C)C)C(F)(F)F. The molecule has 2 unspecified atom stereocenters. The number of ether oxygens (including phenoxy) is 2. The van der Waals surface area contributed by atoms with Crippen molar-refractivity contribution in [1.29, 1.82) is 10.5 Å². The Morgan fingerprint density at radius 3 is 1.29 bits per heavy atom. The summed E-state index contributed by atoms with van der Waals surface area (Å²) >= 11 is 0. The van der Waals surface area contributed by atoms with Crippen molar-refractivity contribution < 1.29 is 62.9 Å². The van der Waals surface area contributed by atoms with Gasteiger partial charge in [0, 0.05) is 63.7 Å². The number of benzene rings is 6. The molecule has 4 heterocycles. The summed E-state index contributed by atoms with van der Waals surface area (Å²) < 4.78 is 165. The van der Waals surface area contributed by atoms with Gasteiger partial charge in [-0.2, -0.15) is 36.9 Å². The second-order valence-electron chi connectivity index (χ2n) is 26.0. The van der Waals surface area contributed by atoms with E-state index in [4.69, 9.17) is 9.47 Å². The number of nitrogens with zero attached hydrogens (tertiary/aromatic N) is 8. The Kier molecular flexibility index (Phi) is 19.5. The van der Waals surface area contributed by atoms with Gasteiger partial charge in [-0.3, -0.25) is 0 Å². The Hall–Kier alpha value is -7.93. The van der Waals surface area contributed by atoms with Gasteiger partial charge in [-0.25, -0.2) is 34.7 Å². The van der Waals surface area contributed by atoms with Gasteiger partial charge < -0.3 is 28.8 Å². The van der Waals surface area contributed by atoms with Crippen LogP contribution in [0.1, 0.15) is 81.1 Å². The summed E-state index contributed by atoms with van der Waals surface area (Å²) in [5.74, 6) is -1.48. The highest BCUT2D eigenvalue weighted by Crippen LogP contribution is 2.51. The molecule has 10 aromatic rings. The zero-order valence-corrected chi connectivity index (χ0v) is 57.8. The van der Waals surface area contributed by atoms with E-state index in [1.165, 1.54) is 106 Å². The number of aromatic nitrogens is 6. The molecule has 0 saturated heterocycles. The van der Waals surface area contributed by atoms with Gasteiger partial charge in [0.05, 0.1) is 66.2 Å². The molecular formula is C68H74F6N8O8S2Si2. The third-order valence-electron chi connectivity index (χ3n) is 16.7. The standard InChI is InChI=1S/2C34H37F3N4O4SSi/c1-7-25-18-23(3)31-27(14-15-41(31)46(43,44)26-11-8-22(2)9-12-26)30(25)33(42,34(35,36)37)32-39-28-19-24(20-38)10-13-29(28)40(32)21-45-16-17-47(4,5)6;1-7-25-18-23(3)31-27(14-15-41(31)46(43,44)26-11-8-22(2)9-12-26)30(25)33(42,34(35,36)37)32-39-28-13-10-24(20-38)19-29(28)40(32)21-45-16-17-47(4,5)6/h2*8-15,18-19,42H,7,16-17,21H2,1-6H3. The largest absolute Gasteiger partial charge is 0.428 e. The molecule has 0 bridgehead atoms. The summed E-state index contributed by atoms with van der Waals surface area (Å²) in [6.07, 6.45) is -7.99. The van der Waals surface area contributed by atoms with Crippen molar-refractivity contribution in [2.45, 2.75) is 153 Å². The fraction of sp³-hybridized carbons (Fsp3) is 0.353. The van der Waals surface area contributed by atoms with Gasteiger partial charge >= 0.3 is 12.4 Å². The van der Waals surface area contributed by atoms with Gasteiger partial charge in [-0.1, -0.05) is 101 Å². The van der Waals surface area contributed by atoms with E-state index in [0.29, 0.717) is 17.7 Å². The predicted octanol–water partition coefficient (Wildman–Crippen LogP) is 14.8. The highest BCUT2D eigenvalue weighted by atomic mass is 32.2. The van der Waals surface area contributed by atoms with Crippen LogP contribution in [0.25, 0.3) is 43.9 Å². The third kappa shape index (κ3) is 13.1. The van der Waals surface area contributed by atoms with Gasteiger partial charge in [0.25, 0.3) is 20.0 Å². The van der Waals surface area contributed by atoms with Crippen molar-refractivity contribution in [3.05, 3.63) is 189 Å². The lowest BCUT2D eigenvalue weighted by molar-refractivity contribution is -0.252. The molecule has 0 amide bonds. The van der Waals surface area contributed by atoms with Crippen LogP contribution in [0.3, 0.4) is 0 Å². The molecule has 496 valence electrons. The van der Waals surface area contributed by atoms with Crippen LogP contribution in [-0.2, 0) is 67.0 Å². The first kappa shape index (κ1) is 70.4. The van der Waals surface area contributed by atoms with Crippen LogP contribution in [0.2, 0.25) is 51.4 Å². The summed E-state index contributed by atoms with van der Waals surface area (Å²) in [4.78, 5) is 8.60. The Labute approximate surface area is 544 Å². The lowest BCUT2D eigenvalue weighted by atomic mass is 9.83. The van der Waals surface area contributed by atoms with Gasteiger partial charge in [-0.15, -0.1) is 0 Å². The van der Waals surface area contributed by atoms with E-state index >= 15 is 26.3 Å². The Morgan fingerprint density at radius 1 is 0.521 bits per heavy atom. The fourth-order valence-electron chi connectivity index (χ4n) is 11.6. The number of halogens is 6. The fourth-order valence-corrected chi connectivity index (χ4v) is 16.0. The van der Waals surface area contributed by atoms with E-state index in [1.54, 1.807) is 52.0 Å². The zero-order valence-electron chi connectivity index (χ0n) is 54.2. The van der Waals surface area contributed by atoms with Crippen LogP contribution in [0.15, 0.2) is 131 Å². The highest BCUT2D eigenvalue weighted by molar-refractivity contribution is 7.90. The second kappa shape index (κ2) is 26.0. The number of hydrogen-bond acceptors (Lipinski definition) is 12. The van der Waals surface area contributed by atoms with Gasteiger partial charge in [0.1, 0.15) is 13.5 Å². The van der Waals surface area contributed by atoms with Gasteiger partial charge in [0.2, 0.25) is 11.2 Å². The Bertz CT molecular complexity index is 4670. The molecule has 2 N–H and O–H groups in total. The Morgan fingerprint density at radius 2 is 0.904 bits per heavy atom. The van der Waals surface area contributed by atoms with Crippen LogP contribution in [-0.4, -0.2) is 95.8 Å². The first-order chi connectivity index (χ1) is 43.9. The average Bonchev–Trinajstić information content (AvgIpc) is 1.46. The van der Waals surface area contributed by atoms with E-state index in [0.717, 1.165) is 31.2 Å². The molecule has 0 spiro atoms. The molecule has 0 saturated carbocycles. The number of alkyl halides is 6. The number of aliphatic hydroxyl groups is 2. The molecule has 2 atom stereocenters. The second-order valence-corrected chi connectivity index (χ2v) is 40.9. The van der Waals surface area contributed by atoms with Gasteiger partial charge in [-0.05, 0) is 148 Å². The van der Waals surface area contributed by atoms with Crippen LogP contribution >= 0.6 is 0 Å². The van der Waals surface area contributed by atoms with E-state index in [2.05, 4.69) is 49.3 Å². The molecule has 16 nitrogen and oxygen atoms in total. The molecule has 6 aromatic carbocycles. The number of imidazole rings is 2. The molecule has 0 aliphatic rings. The summed E-state index contributed by atoms with van der Waals surface area (Å²) in [5, 5.41) is 43.4. The summed E-state index contributed by atoms with van der Waals surface area (Å²) in [7, 11) is -11.5. The highest BCUT2D eigenvalue weighted by Gasteiger charge is 2.62. The molecule has 0 aliphatic carbocycles. The van der Waals surface area contributed by atoms with E-state index in [1.807, 2.05) is 26.0 Å². The van der Waals surface area contributed by atoms with Crippen molar-refractivity contribution in [3.8, 4) is 12.1 Å². The van der Waals surface area contributed by atoms with Crippen molar-refractivity contribution >= 4 is 80.1 Å². The maximum atomic E-state index is 15.6. The summed E-state index contributed by atoms with van der Waals surface area (Å²) in [6, 6.07) is 32.0. The number of fused-ring (bicyclic) bond motifs is 4. The van der Waals surface area contributed by atoms with E-state index in [9.17, 15) is 37.6 Å². The number of aryl methyl sites for hydroxylation is 6. The molecule has 10 rings (SSSR count).